The first kappa shape index (κ1) is 22.0. The molecule has 2 aromatic carbocycles. The van der Waals surface area contributed by atoms with Crippen LogP contribution in [0.3, 0.4) is 0 Å². The first-order chi connectivity index (χ1) is 14.7. The van der Waals surface area contributed by atoms with Crippen molar-refractivity contribution in [1.29, 1.82) is 0 Å². The van der Waals surface area contributed by atoms with E-state index in [4.69, 9.17) is 9.47 Å². The summed E-state index contributed by atoms with van der Waals surface area (Å²) in [6, 6.07) is 19.7. The molecule has 1 unspecified atom stereocenters. The van der Waals surface area contributed by atoms with E-state index in [0.29, 0.717) is 26.1 Å². The van der Waals surface area contributed by atoms with Crippen LogP contribution in [0.25, 0.3) is 0 Å². The van der Waals surface area contributed by atoms with Crippen LogP contribution in [0, 0.1) is 0 Å². The van der Waals surface area contributed by atoms with Crippen molar-refractivity contribution in [3.05, 3.63) is 83.4 Å². The zero-order chi connectivity index (χ0) is 21.0. The van der Waals surface area contributed by atoms with E-state index in [0.717, 1.165) is 48.8 Å². The number of Topliss-reactive ketones (excluding diaryl/α,β-unsaturated/α-hetero) is 1. The zero-order valence-corrected chi connectivity index (χ0v) is 17.4. The molecule has 0 N–H and O–H groups in total. The van der Waals surface area contributed by atoms with Crippen molar-refractivity contribution in [3.63, 3.8) is 0 Å². The van der Waals surface area contributed by atoms with Crippen molar-refractivity contribution >= 4 is 11.8 Å². The fourth-order valence-electron chi connectivity index (χ4n) is 3.55. The highest BCUT2D eigenvalue weighted by Gasteiger charge is 2.23. The van der Waals surface area contributed by atoms with E-state index < -0.39 is 0 Å². The Labute approximate surface area is 178 Å². The highest BCUT2D eigenvalue weighted by molar-refractivity contribution is 5.98. The molecule has 2 aromatic rings. The lowest BCUT2D eigenvalue weighted by Crippen LogP contribution is -2.08. The Kier molecular flexibility index (Phi) is 8.85. The second kappa shape index (κ2) is 12.1. The molecule has 1 aliphatic carbocycles. The summed E-state index contributed by atoms with van der Waals surface area (Å²) in [5, 5.41) is 0. The van der Waals surface area contributed by atoms with Gasteiger partial charge in [0.05, 0.1) is 12.7 Å². The molecule has 1 aliphatic rings. The fraction of sp³-hybridized carbons (Fsp3) is 0.385. The standard InChI is InChI=1S/C26H30O4/c27-25-18-24(29-19-21-11-5-3-6-12-21)17-23(25)15-9-1-2-10-16-26(28)30-20-22-13-7-4-8-14-22/h3-8,11-14,17,24H,1-2,9-10,15-16,18-20H2. The molecule has 1 atom stereocenters. The highest BCUT2D eigenvalue weighted by atomic mass is 16.5. The maximum atomic E-state index is 12.2. The Hall–Kier alpha value is -2.72. The summed E-state index contributed by atoms with van der Waals surface area (Å²) in [5.41, 5.74) is 3.02. The predicted molar refractivity (Wildman–Crippen MR) is 117 cm³/mol. The lowest BCUT2D eigenvalue weighted by Gasteiger charge is -2.08. The fourth-order valence-corrected chi connectivity index (χ4v) is 3.55. The van der Waals surface area contributed by atoms with Crippen LogP contribution in [0.5, 0.6) is 0 Å². The average molecular weight is 407 g/mol. The molecule has 4 heteroatoms. The number of rotatable bonds is 12. The van der Waals surface area contributed by atoms with E-state index >= 15 is 0 Å². The maximum absolute atomic E-state index is 12.2. The number of ketones is 1. The molecular weight excluding hydrogens is 376 g/mol. The minimum Gasteiger partial charge on any atom is -0.461 e. The van der Waals surface area contributed by atoms with Gasteiger partial charge < -0.3 is 9.47 Å². The van der Waals surface area contributed by atoms with Crippen LogP contribution < -0.4 is 0 Å². The Morgan fingerprint density at radius 2 is 1.47 bits per heavy atom. The lowest BCUT2D eigenvalue weighted by atomic mass is 10.0. The molecule has 0 fully saturated rings. The van der Waals surface area contributed by atoms with Gasteiger partial charge in [0, 0.05) is 12.8 Å². The SMILES string of the molecule is O=C(CCCCCCC1=CC(OCc2ccccc2)CC1=O)OCc1ccccc1. The Morgan fingerprint density at radius 3 is 2.17 bits per heavy atom. The summed E-state index contributed by atoms with van der Waals surface area (Å²) in [5.74, 6) is 0.0588. The number of ether oxygens (including phenoxy) is 2. The Bertz CT molecular complexity index is 827. The normalized spacial score (nSPS) is 15.8. The molecule has 158 valence electrons. The average Bonchev–Trinajstić information content (AvgIpc) is 3.14. The second-order valence-corrected chi connectivity index (χ2v) is 7.71. The molecule has 0 heterocycles. The van der Waals surface area contributed by atoms with Gasteiger partial charge in [-0.15, -0.1) is 0 Å². The third-order valence-electron chi connectivity index (χ3n) is 5.26. The van der Waals surface area contributed by atoms with Crippen LogP contribution >= 0.6 is 0 Å². The maximum Gasteiger partial charge on any atom is 0.306 e. The first-order valence-corrected chi connectivity index (χ1v) is 10.8. The smallest absolute Gasteiger partial charge is 0.306 e. The summed E-state index contributed by atoms with van der Waals surface area (Å²) in [6.45, 7) is 0.867. The molecule has 0 aliphatic heterocycles. The molecule has 3 rings (SSSR count). The molecule has 0 aromatic heterocycles. The van der Waals surface area contributed by atoms with Gasteiger partial charge in [0.2, 0.25) is 0 Å². The van der Waals surface area contributed by atoms with Crippen LogP contribution in [0.1, 0.15) is 56.1 Å². The highest BCUT2D eigenvalue weighted by Crippen LogP contribution is 2.23. The molecule has 0 bridgehead atoms. The summed E-state index contributed by atoms with van der Waals surface area (Å²) < 4.78 is 11.2. The summed E-state index contributed by atoms with van der Waals surface area (Å²) in [6.07, 6.45) is 7.34. The van der Waals surface area contributed by atoms with Crippen molar-refractivity contribution in [3.8, 4) is 0 Å². The van der Waals surface area contributed by atoms with E-state index in [9.17, 15) is 9.59 Å². The molecule has 0 spiro atoms. The van der Waals surface area contributed by atoms with Gasteiger partial charge in [0.1, 0.15) is 6.61 Å². The second-order valence-electron chi connectivity index (χ2n) is 7.71. The van der Waals surface area contributed by atoms with Crippen molar-refractivity contribution in [2.24, 2.45) is 0 Å². The molecular formula is C26H30O4. The number of carbonyl (C=O) groups excluding carboxylic acids is 2. The minimum atomic E-state index is -0.147. The van der Waals surface area contributed by atoms with Crippen molar-refractivity contribution in [2.75, 3.05) is 0 Å². The molecule has 0 saturated heterocycles. The third kappa shape index (κ3) is 7.60. The lowest BCUT2D eigenvalue weighted by molar-refractivity contribution is -0.145. The Balaban J connectivity index is 1.25. The summed E-state index contributed by atoms with van der Waals surface area (Å²) >= 11 is 0. The number of benzene rings is 2. The van der Waals surface area contributed by atoms with Gasteiger partial charge in [-0.3, -0.25) is 9.59 Å². The summed E-state index contributed by atoms with van der Waals surface area (Å²) in [4.78, 5) is 24.0. The van der Waals surface area contributed by atoms with Crippen molar-refractivity contribution < 1.29 is 19.1 Å². The van der Waals surface area contributed by atoms with E-state index in [-0.39, 0.29) is 17.9 Å². The van der Waals surface area contributed by atoms with Gasteiger partial charge in [0.25, 0.3) is 0 Å². The van der Waals surface area contributed by atoms with Gasteiger partial charge in [-0.05, 0) is 42.0 Å². The number of hydrogen-bond acceptors (Lipinski definition) is 4. The van der Waals surface area contributed by atoms with Gasteiger partial charge in [-0.25, -0.2) is 0 Å². The minimum absolute atomic E-state index is 0.105. The molecule has 4 nitrogen and oxygen atoms in total. The number of hydrogen-bond donors (Lipinski definition) is 0. The van der Waals surface area contributed by atoms with E-state index in [2.05, 4.69) is 0 Å². The van der Waals surface area contributed by atoms with E-state index in [1.165, 1.54) is 0 Å². The Morgan fingerprint density at radius 1 is 0.833 bits per heavy atom. The van der Waals surface area contributed by atoms with Crippen molar-refractivity contribution in [2.45, 2.75) is 64.3 Å². The molecule has 0 amide bonds. The van der Waals surface area contributed by atoms with Crippen LogP contribution in [0.15, 0.2) is 72.3 Å². The molecule has 0 saturated carbocycles. The van der Waals surface area contributed by atoms with Gasteiger partial charge in [0.15, 0.2) is 5.78 Å². The zero-order valence-electron chi connectivity index (χ0n) is 17.4. The topological polar surface area (TPSA) is 52.6 Å². The van der Waals surface area contributed by atoms with Crippen molar-refractivity contribution in [1.82, 2.24) is 0 Å². The summed E-state index contributed by atoms with van der Waals surface area (Å²) in [7, 11) is 0. The number of allylic oxidation sites excluding steroid dienone is 1. The molecule has 0 radical (unpaired) electrons. The number of esters is 1. The predicted octanol–water partition coefficient (Wildman–Crippen LogP) is 5.56. The van der Waals surface area contributed by atoms with Gasteiger partial charge in [-0.1, -0.05) is 73.5 Å². The van der Waals surface area contributed by atoms with E-state index in [1.54, 1.807) is 0 Å². The first-order valence-electron chi connectivity index (χ1n) is 10.8. The monoisotopic (exact) mass is 406 g/mol. The van der Waals surface area contributed by atoms with Crippen LogP contribution in [0.4, 0.5) is 0 Å². The largest absolute Gasteiger partial charge is 0.461 e. The van der Waals surface area contributed by atoms with E-state index in [1.807, 2.05) is 66.7 Å². The van der Waals surface area contributed by atoms with Crippen LogP contribution in [0.2, 0.25) is 0 Å². The van der Waals surface area contributed by atoms with Crippen LogP contribution in [-0.4, -0.2) is 17.9 Å². The van der Waals surface area contributed by atoms with Crippen LogP contribution in [-0.2, 0) is 32.3 Å². The quantitative estimate of drug-likeness (QED) is 0.342. The van der Waals surface area contributed by atoms with Gasteiger partial charge >= 0.3 is 5.97 Å². The number of unbranched alkanes of at least 4 members (excludes halogenated alkanes) is 3. The number of carbonyl (C=O) groups is 2. The molecule has 30 heavy (non-hydrogen) atoms. The third-order valence-corrected chi connectivity index (χ3v) is 5.26. The van der Waals surface area contributed by atoms with Gasteiger partial charge in [-0.2, -0.15) is 0 Å².